The molecule has 2 aromatic carbocycles. The molecule has 0 fully saturated rings. The lowest BCUT2D eigenvalue weighted by Gasteiger charge is -2.27. The molecule has 0 amide bonds. The quantitative estimate of drug-likeness (QED) is 0.932. The molecule has 1 N–H and O–H groups in total. The number of hydrogen-bond donors (Lipinski definition) is 1. The number of ether oxygens (including phenoxy) is 3. The molecular formula is C20H23NO3. The SMILES string of the molecule is COc1cc2c(cc1CN[C@@H]1CCOc3ccccc31)O[C@H](C)C2. The van der Waals surface area contributed by atoms with Crippen LogP contribution in [0.15, 0.2) is 36.4 Å². The van der Waals surface area contributed by atoms with E-state index in [0.717, 1.165) is 48.8 Å². The van der Waals surface area contributed by atoms with Gasteiger partial charge in [0.15, 0.2) is 0 Å². The highest BCUT2D eigenvalue weighted by atomic mass is 16.5. The molecule has 0 aliphatic carbocycles. The Kier molecular flexibility index (Phi) is 4.07. The van der Waals surface area contributed by atoms with Crippen LogP contribution < -0.4 is 19.5 Å². The van der Waals surface area contributed by atoms with Crippen LogP contribution in [0, 0.1) is 0 Å². The first-order valence-corrected chi connectivity index (χ1v) is 8.56. The summed E-state index contributed by atoms with van der Waals surface area (Å²) in [4.78, 5) is 0. The van der Waals surface area contributed by atoms with Crippen LogP contribution in [0.1, 0.15) is 36.1 Å². The number of rotatable bonds is 4. The lowest BCUT2D eigenvalue weighted by atomic mass is 10.00. The normalized spacial score (nSPS) is 21.4. The molecule has 0 aromatic heterocycles. The first kappa shape index (κ1) is 15.3. The van der Waals surface area contributed by atoms with Gasteiger partial charge in [-0.15, -0.1) is 0 Å². The highest BCUT2D eigenvalue weighted by Crippen LogP contribution is 2.36. The second-order valence-electron chi connectivity index (χ2n) is 6.51. The van der Waals surface area contributed by atoms with Gasteiger partial charge in [0.05, 0.1) is 13.7 Å². The van der Waals surface area contributed by atoms with Crippen LogP contribution in [-0.4, -0.2) is 19.8 Å². The molecule has 4 heteroatoms. The van der Waals surface area contributed by atoms with E-state index in [-0.39, 0.29) is 6.10 Å². The van der Waals surface area contributed by atoms with Crippen molar-refractivity contribution in [2.75, 3.05) is 13.7 Å². The molecule has 126 valence electrons. The lowest BCUT2D eigenvalue weighted by molar-refractivity contribution is 0.250. The van der Waals surface area contributed by atoms with E-state index in [1.54, 1.807) is 7.11 Å². The van der Waals surface area contributed by atoms with Gasteiger partial charge < -0.3 is 19.5 Å². The van der Waals surface area contributed by atoms with Crippen LogP contribution >= 0.6 is 0 Å². The number of benzene rings is 2. The van der Waals surface area contributed by atoms with Crippen molar-refractivity contribution < 1.29 is 14.2 Å². The van der Waals surface area contributed by atoms with Gasteiger partial charge in [0.25, 0.3) is 0 Å². The first-order valence-electron chi connectivity index (χ1n) is 8.56. The zero-order valence-corrected chi connectivity index (χ0v) is 14.2. The van der Waals surface area contributed by atoms with Crippen molar-refractivity contribution in [3.05, 3.63) is 53.1 Å². The smallest absolute Gasteiger partial charge is 0.124 e. The number of fused-ring (bicyclic) bond motifs is 2. The summed E-state index contributed by atoms with van der Waals surface area (Å²) in [5.41, 5.74) is 3.60. The Bertz CT molecular complexity index is 744. The molecule has 2 aromatic rings. The Balaban J connectivity index is 1.54. The largest absolute Gasteiger partial charge is 0.496 e. The maximum Gasteiger partial charge on any atom is 0.124 e. The Morgan fingerprint density at radius 1 is 1.21 bits per heavy atom. The van der Waals surface area contributed by atoms with Gasteiger partial charge in [-0.3, -0.25) is 0 Å². The average molecular weight is 325 g/mol. The topological polar surface area (TPSA) is 39.7 Å². The molecule has 0 radical (unpaired) electrons. The lowest BCUT2D eigenvalue weighted by Crippen LogP contribution is -2.26. The third kappa shape index (κ3) is 2.82. The molecule has 0 spiro atoms. The average Bonchev–Trinajstić information content (AvgIpc) is 2.97. The molecule has 24 heavy (non-hydrogen) atoms. The molecule has 4 rings (SSSR count). The minimum atomic E-state index is 0.246. The van der Waals surface area contributed by atoms with Gasteiger partial charge >= 0.3 is 0 Å². The van der Waals surface area contributed by atoms with Crippen LogP contribution in [0.4, 0.5) is 0 Å². The van der Waals surface area contributed by atoms with Crippen molar-refractivity contribution in [1.29, 1.82) is 0 Å². The second-order valence-corrected chi connectivity index (χ2v) is 6.51. The van der Waals surface area contributed by atoms with E-state index in [4.69, 9.17) is 14.2 Å². The van der Waals surface area contributed by atoms with Crippen LogP contribution in [0.25, 0.3) is 0 Å². The maximum atomic E-state index is 5.89. The summed E-state index contributed by atoms with van der Waals surface area (Å²) in [5.74, 6) is 2.91. The summed E-state index contributed by atoms with van der Waals surface area (Å²) in [6.45, 7) is 3.59. The van der Waals surface area contributed by atoms with Crippen molar-refractivity contribution >= 4 is 0 Å². The van der Waals surface area contributed by atoms with Gasteiger partial charge in [-0.25, -0.2) is 0 Å². The fourth-order valence-electron chi connectivity index (χ4n) is 3.60. The maximum absolute atomic E-state index is 5.89. The molecule has 2 heterocycles. The van der Waals surface area contributed by atoms with Crippen molar-refractivity contribution in [3.8, 4) is 17.2 Å². The third-order valence-electron chi connectivity index (χ3n) is 4.80. The standard InChI is InChI=1S/C20H23NO3/c1-13-9-14-10-19(22-2)15(11-20(14)24-13)12-21-17-7-8-23-18-6-4-3-5-16(17)18/h3-6,10-11,13,17,21H,7-9,12H2,1-2H3/t13-,17-/m1/s1. The van der Waals surface area contributed by atoms with E-state index < -0.39 is 0 Å². The minimum Gasteiger partial charge on any atom is -0.496 e. The molecule has 0 bridgehead atoms. The summed E-state index contributed by atoms with van der Waals surface area (Å²) < 4.78 is 17.2. The Labute approximate surface area is 142 Å². The predicted molar refractivity (Wildman–Crippen MR) is 92.9 cm³/mol. The molecule has 0 saturated heterocycles. The predicted octanol–water partition coefficient (Wildman–Crippen LogP) is 3.63. The highest BCUT2D eigenvalue weighted by Gasteiger charge is 2.24. The number of methoxy groups -OCH3 is 1. The van der Waals surface area contributed by atoms with E-state index in [1.165, 1.54) is 11.1 Å². The van der Waals surface area contributed by atoms with Gasteiger partial charge in [-0.2, -0.15) is 0 Å². The van der Waals surface area contributed by atoms with Crippen LogP contribution in [0.5, 0.6) is 17.2 Å². The van der Waals surface area contributed by atoms with E-state index in [0.29, 0.717) is 6.04 Å². The summed E-state index contributed by atoms with van der Waals surface area (Å²) in [5, 5.41) is 3.66. The number of nitrogens with one attached hydrogen (secondary N) is 1. The van der Waals surface area contributed by atoms with Crippen molar-refractivity contribution in [3.63, 3.8) is 0 Å². The van der Waals surface area contributed by atoms with Crippen molar-refractivity contribution in [1.82, 2.24) is 5.32 Å². The summed E-state index contributed by atoms with van der Waals surface area (Å²) >= 11 is 0. The zero-order chi connectivity index (χ0) is 16.5. The Morgan fingerprint density at radius 3 is 2.96 bits per heavy atom. The Hall–Kier alpha value is -2.20. The van der Waals surface area contributed by atoms with Crippen LogP contribution in [-0.2, 0) is 13.0 Å². The van der Waals surface area contributed by atoms with Crippen LogP contribution in [0.2, 0.25) is 0 Å². The van der Waals surface area contributed by atoms with Gasteiger partial charge in [-0.1, -0.05) is 18.2 Å². The summed E-state index contributed by atoms with van der Waals surface area (Å²) in [7, 11) is 1.73. The third-order valence-corrected chi connectivity index (χ3v) is 4.80. The molecule has 0 saturated carbocycles. The van der Waals surface area contributed by atoms with Gasteiger partial charge in [0.1, 0.15) is 23.4 Å². The van der Waals surface area contributed by atoms with E-state index in [9.17, 15) is 0 Å². The first-order chi connectivity index (χ1) is 11.7. The molecule has 2 atom stereocenters. The number of para-hydroxylation sites is 1. The van der Waals surface area contributed by atoms with E-state index in [1.807, 2.05) is 12.1 Å². The molecule has 2 aliphatic heterocycles. The van der Waals surface area contributed by atoms with Crippen molar-refractivity contribution in [2.45, 2.75) is 38.5 Å². The summed E-state index contributed by atoms with van der Waals surface area (Å²) in [6.07, 6.45) is 2.17. The zero-order valence-electron chi connectivity index (χ0n) is 14.2. The fraction of sp³-hybridized carbons (Fsp3) is 0.400. The van der Waals surface area contributed by atoms with Gasteiger partial charge in [-0.05, 0) is 25.1 Å². The molecule has 2 aliphatic rings. The van der Waals surface area contributed by atoms with Crippen LogP contribution in [0.3, 0.4) is 0 Å². The Morgan fingerprint density at radius 2 is 2.08 bits per heavy atom. The van der Waals surface area contributed by atoms with Gasteiger partial charge in [0, 0.05) is 42.1 Å². The molecule has 4 nitrogen and oxygen atoms in total. The second kappa shape index (κ2) is 6.36. The fourth-order valence-corrected chi connectivity index (χ4v) is 3.60. The van der Waals surface area contributed by atoms with Crippen molar-refractivity contribution in [2.24, 2.45) is 0 Å². The minimum absolute atomic E-state index is 0.246. The monoisotopic (exact) mass is 325 g/mol. The molecule has 0 unspecified atom stereocenters. The molecular weight excluding hydrogens is 302 g/mol. The summed E-state index contributed by atoms with van der Waals surface area (Å²) in [6, 6.07) is 12.8. The number of hydrogen-bond acceptors (Lipinski definition) is 4. The van der Waals surface area contributed by atoms with E-state index >= 15 is 0 Å². The van der Waals surface area contributed by atoms with E-state index in [2.05, 4.69) is 36.5 Å². The van der Waals surface area contributed by atoms with Gasteiger partial charge in [0.2, 0.25) is 0 Å². The highest BCUT2D eigenvalue weighted by molar-refractivity contribution is 5.49.